The number of aromatic nitrogens is 3. The Morgan fingerprint density at radius 3 is 2.27 bits per heavy atom. The van der Waals surface area contributed by atoms with Crippen LogP contribution >= 0.6 is 11.8 Å². The first-order chi connectivity index (χ1) is 34.5. The highest BCUT2D eigenvalue weighted by Crippen LogP contribution is 2.35. The Balaban J connectivity index is 0.927. The number of carbonyl (C=O) groups is 4. The highest BCUT2D eigenvalue weighted by Gasteiger charge is 2.46. The predicted molar refractivity (Wildman–Crippen MR) is 271 cm³/mol. The average Bonchev–Trinajstić information content (AvgIpc) is 4.23. The average molecular weight is 991 g/mol. The van der Waals surface area contributed by atoms with Crippen LogP contribution in [0.3, 0.4) is 0 Å². The maximum absolute atomic E-state index is 14.9. The molecule has 3 fully saturated rings. The standard InChI is InChI=1S/C52H71N13O5S/c1-5-34(3)48(66)55-45(50(68)63-28-16-21-42(63)32-64-52(58-59-61-64)71-43-22-14-9-15-23-43)35(4)70-33-39-31-62(60-57-39)30-38-24-25-40-26-27-41(65(40)51(69)47(38)56-49(67)44(53)6-2)29-54-46(36-17-10-7-11-18-36)37-19-12-8-13-20-37/h7-15,17-20,22-23,31,34-35,38,40-42,44-47,54H,5-6,16,21,24-30,32-33,53H2,1-4H3,(H4,55,56,57,59,60,61,66,67)/p+1/t34?,35?,38-,40+,41+,42+,44?,45+,47+/m1/s1. The van der Waals surface area contributed by atoms with E-state index in [9.17, 15) is 19.2 Å². The largest absolute Gasteiger partial charge is 0.367 e. The maximum atomic E-state index is 14.9. The number of fused-ring (bicyclic) bond motifs is 1. The molecule has 4 amide bonds. The quantitative estimate of drug-likeness (QED) is 0.0593. The van der Waals surface area contributed by atoms with E-state index in [1.165, 1.54) is 11.8 Å². The summed E-state index contributed by atoms with van der Waals surface area (Å²) in [4.78, 5) is 61.4. The molecule has 3 unspecified atom stereocenters. The fraction of sp³-hybridized carbons (Fsp3) is 0.519. The second-order valence-corrected chi connectivity index (χ2v) is 20.4. The normalized spacial score (nSPS) is 22.8. The summed E-state index contributed by atoms with van der Waals surface area (Å²) in [6.07, 6.45) is 7.07. The molecule has 4 aliphatic rings. The van der Waals surface area contributed by atoms with Crippen LogP contribution in [-0.4, -0.2) is 116 Å². The molecule has 0 spiro atoms. The lowest BCUT2D eigenvalue weighted by molar-refractivity contribution is -0.759. The number of thioether (sulfide) groups is 1. The van der Waals surface area contributed by atoms with Gasteiger partial charge in [-0.2, -0.15) is 4.68 Å². The van der Waals surface area contributed by atoms with Gasteiger partial charge in [0.05, 0.1) is 30.8 Å². The number of benzene rings is 3. The molecular weight excluding hydrogens is 919 g/mol. The maximum Gasteiger partial charge on any atom is 0.248 e. The lowest BCUT2D eigenvalue weighted by Crippen LogP contribution is -2.59. The van der Waals surface area contributed by atoms with Crippen molar-refractivity contribution in [3.05, 3.63) is 114 Å². The van der Waals surface area contributed by atoms with Gasteiger partial charge < -0.3 is 36.2 Å². The first kappa shape index (κ1) is 51.5. The number of amidine groups is 1. The number of hydrogen-bond acceptors (Lipinski definition) is 13. The predicted octanol–water partition coefficient (Wildman–Crippen LogP) is 3.88. The van der Waals surface area contributed by atoms with Gasteiger partial charge in [0.15, 0.2) is 6.20 Å². The number of nitrogens with one attached hydrogen (secondary N) is 6. The number of ether oxygens (including phenoxy) is 1. The Morgan fingerprint density at radius 1 is 0.887 bits per heavy atom. The number of hydrogen-bond donors (Lipinski definition) is 7. The van der Waals surface area contributed by atoms with E-state index in [0.717, 1.165) is 53.3 Å². The number of carbonyl (C=O) groups excluding carboxylic acids is 4. The molecule has 1 aromatic heterocycles. The van der Waals surface area contributed by atoms with Crippen LogP contribution < -0.4 is 37.4 Å². The van der Waals surface area contributed by atoms with Crippen LogP contribution in [0.15, 0.2) is 107 Å². The Hall–Kier alpha value is -5.86. The van der Waals surface area contributed by atoms with E-state index in [0.29, 0.717) is 51.1 Å². The van der Waals surface area contributed by atoms with Gasteiger partial charge in [0.25, 0.3) is 0 Å². The van der Waals surface area contributed by atoms with Crippen molar-refractivity contribution in [3.63, 3.8) is 0 Å². The molecule has 0 radical (unpaired) electrons. The van der Waals surface area contributed by atoms with E-state index < -0.39 is 24.2 Å². The van der Waals surface area contributed by atoms with E-state index in [1.54, 1.807) is 0 Å². The Bertz CT molecular complexity index is 2370. The second-order valence-electron chi connectivity index (χ2n) is 19.4. The van der Waals surface area contributed by atoms with Crippen molar-refractivity contribution in [1.82, 2.24) is 52.1 Å². The molecule has 8 rings (SSSR count). The zero-order valence-corrected chi connectivity index (χ0v) is 42.2. The summed E-state index contributed by atoms with van der Waals surface area (Å²) in [7, 11) is 0. The Kier molecular flexibility index (Phi) is 17.8. The third-order valence-corrected chi connectivity index (χ3v) is 15.6. The number of nitrogens with two attached hydrogens (primary N) is 1. The molecule has 8 N–H and O–H groups in total. The Labute approximate surface area is 421 Å². The summed E-state index contributed by atoms with van der Waals surface area (Å²) in [6, 6.07) is 28.0. The molecule has 4 aliphatic heterocycles. The molecule has 0 aliphatic carbocycles. The first-order valence-corrected chi connectivity index (χ1v) is 26.3. The second kappa shape index (κ2) is 24.5. The number of nitrogens with zero attached hydrogens (tertiary/aromatic N) is 6. The van der Waals surface area contributed by atoms with Crippen LogP contribution in [0.2, 0.25) is 0 Å². The molecule has 0 saturated carbocycles. The van der Waals surface area contributed by atoms with Crippen molar-refractivity contribution in [2.45, 2.75) is 146 Å². The third-order valence-electron chi connectivity index (χ3n) is 14.6. The molecule has 0 bridgehead atoms. The van der Waals surface area contributed by atoms with Crippen molar-refractivity contribution >= 4 is 40.6 Å². The van der Waals surface area contributed by atoms with Gasteiger partial charge in [-0.1, -0.05) is 105 Å². The molecule has 3 saturated heterocycles. The lowest BCUT2D eigenvalue weighted by atomic mass is 9.92. The van der Waals surface area contributed by atoms with Crippen LogP contribution in [0.25, 0.3) is 0 Å². The van der Waals surface area contributed by atoms with Crippen LogP contribution in [0.4, 0.5) is 0 Å². The van der Waals surface area contributed by atoms with Crippen molar-refractivity contribution in [1.29, 1.82) is 0 Å². The zero-order chi connectivity index (χ0) is 49.9. The molecule has 5 heterocycles. The van der Waals surface area contributed by atoms with Gasteiger partial charge in [0.1, 0.15) is 25.2 Å². The fourth-order valence-corrected chi connectivity index (χ4v) is 11.1. The summed E-state index contributed by atoms with van der Waals surface area (Å²) in [5.74, 6) is -1.39. The van der Waals surface area contributed by atoms with Crippen molar-refractivity contribution in [2.75, 3.05) is 19.6 Å². The number of likely N-dealkylation sites (tertiary alicyclic amines) is 1. The number of amides is 4. The molecule has 19 heteroatoms. The molecule has 9 atom stereocenters. The number of hydrazone groups is 1. The summed E-state index contributed by atoms with van der Waals surface area (Å²) < 4.78 is 8.23. The summed E-state index contributed by atoms with van der Waals surface area (Å²) in [5, 5.41) is 24.7. The van der Waals surface area contributed by atoms with Gasteiger partial charge in [-0.15, -0.1) is 10.6 Å². The van der Waals surface area contributed by atoms with Crippen LogP contribution in [0.1, 0.15) is 102 Å². The van der Waals surface area contributed by atoms with Crippen molar-refractivity contribution < 1.29 is 28.6 Å². The highest BCUT2D eigenvalue weighted by molar-refractivity contribution is 8.13. The summed E-state index contributed by atoms with van der Waals surface area (Å²) >= 11 is 1.52. The molecule has 4 aromatic rings. The van der Waals surface area contributed by atoms with Crippen LogP contribution in [-0.2, 0) is 37.1 Å². The monoisotopic (exact) mass is 991 g/mol. The van der Waals surface area contributed by atoms with Gasteiger partial charge in [0.2, 0.25) is 34.5 Å². The van der Waals surface area contributed by atoms with E-state index in [1.807, 2.05) is 120 Å². The minimum absolute atomic E-state index is 0.0498. The zero-order valence-electron chi connectivity index (χ0n) is 41.4. The van der Waals surface area contributed by atoms with Gasteiger partial charge in [-0.3, -0.25) is 24.2 Å². The molecular formula is C52H72N13O5S+. The highest BCUT2D eigenvalue weighted by atomic mass is 32.2. The Morgan fingerprint density at radius 2 is 1.58 bits per heavy atom. The minimum atomic E-state index is -0.938. The van der Waals surface area contributed by atoms with E-state index in [-0.39, 0.29) is 66.2 Å². The van der Waals surface area contributed by atoms with E-state index in [2.05, 4.69) is 66.7 Å². The van der Waals surface area contributed by atoms with Crippen LogP contribution in [0, 0.1) is 11.8 Å². The minimum Gasteiger partial charge on any atom is -0.367 e. The topological polar surface area (TPSA) is 218 Å². The van der Waals surface area contributed by atoms with Crippen molar-refractivity contribution in [2.24, 2.45) is 22.7 Å². The number of hydrazine groups is 2. The lowest BCUT2D eigenvalue weighted by Gasteiger charge is -2.34. The summed E-state index contributed by atoms with van der Waals surface area (Å²) in [6.45, 7) is 9.55. The van der Waals surface area contributed by atoms with Gasteiger partial charge >= 0.3 is 0 Å². The summed E-state index contributed by atoms with van der Waals surface area (Å²) in [5.41, 5.74) is 15.1. The number of aromatic amines is 1. The smallest absolute Gasteiger partial charge is 0.248 e. The fourth-order valence-electron chi connectivity index (χ4n) is 10.2. The number of rotatable bonds is 21. The van der Waals surface area contributed by atoms with E-state index in [4.69, 9.17) is 10.5 Å². The molecule has 71 heavy (non-hydrogen) atoms. The van der Waals surface area contributed by atoms with Gasteiger partial charge in [-0.25, -0.2) is 5.53 Å². The number of H-pyrrole nitrogens is 1. The molecule has 18 nitrogen and oxygen atoms in total. The molecule has 380 valence electrons. The molecule has 3 aromatic carbocycles. The SMILES string of the molecule is CCC(C)C(=O)N[C@H](C(=O)N1CCC[C@H]1CN1NNN=C1Sc1ccccc1)C(C)OCc1c[n+](C[C@H]2CC[C@H]3CC[C@@H](CNC(c4ccccc4)c4ccccc4)N3C(=O)[C@H]2NC(=O)C(N)CC)[nH]n1. The first-order valence-electron chi connectivity index (χ1n) is 25.5. The van der Waals surface area contributed by atoms with Gasteiger partial charge in [-0.05, 0) is 93.3 Å². The van der Waals surface area contributed by atoms with E-state index >= 15 is 0 Å². The van der Waals surface area contributed by atoms with Crippen LogP contribution in [0.5, 0.6) is 0 Å². The van der Waals surface area contributed by atoms with Gasteiger partial charge in [0, 0.05) is 47.0 Å². The van der Waals surface area contributed by atoms with Crippen molar-refractivity contribution in [3.8, 4) is 0 Å². The third kappa shape index (κ3) is 12.8.